The van der Waals surface area contributed by atoms with Crippen LogP contribution in [0.1, 0.15) is 17.2 Å². The first kappa shape index (κ1) is 14.9. The van der Waals surface area contributed by atoms with Gasteiger partial charge in [0.2, 0.25) is 6.79 Å². The Hall–Kier alpha value is -3.05. The lowest BCUT2D eigenvalue weighted by Crippen LogP contribution is -2.41. The molecule has 2 aromatic rings. The summed E-state index contributed by atoms with van der Waals surface area (Å²) in [6.07, 6.45) is 0.0672. The van der Waals surface area contributed by atoms with Gasteiger partial charge in [0.15, 0.2) is 11.5 Å². The van der Waals surface area contributed by atoms with E-state index in [0.717, 1.165) is 9.13 Å². The van der Waals surface area contributed by atoms with Crippen LogP contribution in [0.3, 0.4) is 0 Å². The number of aliphatic hydroxyl groups is 1. The molecule has 1 aromatic carbocycles. The zero-order valence-electron chi connectivity index (χ0n) is 12.2. The minimum Gasteiger partial charge on any atom is -0.454 e. The van der Waals surface area contributed by atoms with Gasteiger partial charge in [-0.05, 0) is 17.7 Å². The van der Waals surface area contributed by atoms with E-state index in [4.69, 9.17) is 14.7 Å². The minimum atomic E-state index is -1.11. The molecular formula is C15H13N3O5. The molecule has 1 aliphatic heterocycles. The third-order valence-corrected chi connectivity index (χ3v) is 3.59. The number of rotatable bonds is 3. The van der Waals surface area contributed by atoms with Gasteiger partial charge in [0, 0.05) is 13.2 Å². The minimum absolute atomic E-state index is 0.110. The second-order valence-corrected chi connectivity index (χ2v) is 5.09. The maximum Gasteiger partial charge on any atom is 0.330 e. The summed E-state index contributed by atoms with van der Waals surface area (Å²) in [7, 11) is 1.44. The molecule has 0 radical (unpaired) electrons. The van der Waals surface area contributed by atoms with Crippen molar-refractivity contribution in [3.63, 3.8) is 0 Å². The molecule has 1 N–H and O–H groups in total. The average molecular weight is 315 g/mol. The van der Waals surface area contributed by atoms with Crippen molar-refractivity contribution >= 4 is 0 Å². The van der Waals surface area contributed by atoms with Crippen molar-refractivity contribution in [1.82, 2.24) is 9.13 Å². The number of aromatic nitrogens is 2. The van der Waals surface area contributed by atoms with E-state index in [9.17, 15) is 14.7 Å². The molecule has 3 rings (SSSR count). The van der Waals surface area contributed by atoms with Crippen LogP contribution in [-0.4, -0.2) is 21.0 Å². The normalized spacial score (nSPS) is 13.6. The van der Waals surface area contributed by atoms with E-state index in [1.165, 1.54) is 13.2 Å². The molecule has 8 nitrogen and oxygen atoms in total. The van der Waals surface area contributed by atoms with Gasteiger partial charge in [0.1, 0.15) is 11.6 Å². The fourth-order valence-corrected chi connectivity index (χ4v) is 2.36. The number of hydrogen-bond acceptors (Lipinski definition) is 6. The Kier molecular flexibility index (Phi) is 3.64. The molecule has 0 bridgehead atoms. The van der Waals surface area contributed by atoms with E-state index < -0.39 is 17.4 Å². The number of nitriles is 1. The molecule has 0 spiro atoms. The summed E-state index contributed by atoms with van der Waals surface area (Å²) in [5.41, 5.74) is -1.01. The summed E-state index contributed by atoms with van der Waals surface area (Å²) >= 11 is 0. The first-order valence-electron chi connectivity index (χ1n) is 6.79. The van der Waals surface area contributed by atoms with Crippen molar-refractivity contribution in [2.45, 2.75) is 12.6 Å². The van der Waals surface area contributed by atoms with E-state index >= 15 is 0 Å². The third-order valence-electron chi connectivity index (χ3n) is 3.59. The Morgan fingerprint density at radius 2 is 2.09 bits per heavy atom. The summed E-state index contributed by atoms with van der Waals surface area (Å²) in [6.45, 7) is -0.153. The lowest BCUT2D eigenvalue weighted by atomic mass is 10.1. The highest BCUT2D eigenvalue weighted by Gasteiger charge is 2.19. The monoisotopic (exact) mass is 315 g/mol. The van der Waals surface area contributed by atoms with Gasteiger partial charge < -0.3 is 19.1 Å². The highest BCUT2D eigenvalue weighted by molar-refractivity contribution is 5.45. The summed E-state index contributed by atoms with van der Waals surface area (Å²) in [5.74, 6) is 1.06. The van der Waals surface area contributed by atoms with E-state index in [0.29, 0.717) is 17.1 Å². The molecule has 23 heavy (non-hydrogen) atoms. The van der Waals surface area contributed by atoms with Crippen molar-refractivity contribution in [2.24, 2.45) is 7.05 Å². The fraction of sp³-hybridized carbons (Fsp3) is 0.267. The molecule has 0 amide bonds. The number of aryl methyl sites for hydroxylation is 1. The van der Waals surface area contributed by atoms with Gasteiger partial charge in [-0.15, -0.1) is 0 Å². The van der Waals surface area contributed by atoms with Crippen LogP contribution in [-0.2, 0) is 13.6 Å². The van der Waals surface area contributed by atoms with Crippen LogP contribution in [0, 0.1) is 11.3 Å². The Morgan fingerprint density at radius 3 is 2.83 bits per heavy atom. The summed E-state index contributed by atoms with van der Waals surface area (Å²) in [6, 6.07) is 6.61. The molecule has 0 saturated heterocycles. The van der Waals surface area contributed by atoms with Crippen LogP contribution in [0.5, 0.6) is 11.5 Å². The van der Waals surface area contributed by atoms with Crippen LogP contribution in [0.15, 0.2) is 34.0 Å². The highest BCUT2D eigenvalue weighted by Crippen LogP contribution is 2.34. The topological polar surface area (TPSA) is 106 Å². The smallest absolute Gasteiger partial charge is 0.330 e. The van der Waals surface area contributed by atoms with Gasteiger partial charge in [0.05, 0.1) is 12.6 Å². The van der Waals surface area contributed by atoms with E-state index in [1.54, 1.807) is 24.3 Å². The standard InChI is InChI=1S/C15H13N3O5/c1-17-6-10(5-16)14(20)18(15(17)21)7-11(19)9-2-3-12-13(4-9)23-8-22-12/h2-4,6,11,19H,7-8H2,1H3/t11-/m0/s1. The van der Waals surface area contributed by atoms with E-state index in [2.05, 4.69) is 0 Å². The maximum atomic E-state index is 12.1. The number of aliphatic hydroxyl groups excluding tert-OH is 1. The van der Waals surface area contributed by atoms with Gasteiger partial charge in [0.25, 0.3) is 5.56 Å². The maximum absolute atomic E-state index is 12.1. The predicted octanol–water partition coefficient (Wildman–Crippen LogP) is -0.119. The molecule has 2 heterocycles. The van der Waals surface area contributed by atoms with Gasteiger partial charge in [-0.1, -0.05) is 6.07 Å². The van der Waals surface area contributed by atoms with Crippen LogP contribution < -0.4 is 20.7 Å². The molecule has 118 valence electrons. The number of fused-ring (bicyclic) bond motifs is 1. The molecule has 0 aliphatic carbocycles. The van der Waals surface area contributed by atoms with E-state index in [1.807, 2.05) is 0 Å². The van der Waals surface area contributed by atoms with Crippen LogP contribution in [0.2, 0.25) is 0 Å². The van der Waals surface area contributed by atoms with Gasteiger partial charge in [-0.25, -0.2) is 4.79 Å². The van der Waals surface area contributed by atoms with Crippen LogP contribution in [0.4, 0.5) is 0 Å². The fourth-order valence-electron chi connectivity index (χ4n) is 2.36. The van der Waals surface area contributed by atoms with Gasteiger partial charge in [-0.3, -0.25) is 9.36 Å². The van der Waals surface area contributed by atoms with Crippen molar-refractivity contribution in [2.75, 3.05) is 6.79 Å². The summed E-state index contributed by atoms with van der Waals surface area (Å²) in [5, 5.41) is 19.3. The zero-order chi connectivity index (χ0) is 16.6. The Labute approximate surface area is 130 Å². The largest absolute Gasteiger partial charge is 0.454 e. The van der Waals surface area contributed by atoms with Crippen molar-refractivity contribution in [3.8, 4) is 17.6 Å². The SMILES string of the molecule is Cn1cc(C#N)c(=O)n(C[C@H](O)c2ccc3c(c2)OCO3)c1=O. The predicted molar refractivity (Wildman–Crippen MR) is 78.2 cm³/mol. The molecule has 1 aromatic heterocycles. The molecule has 0 unspecified atom stereocenters. The highest BCUT2D eigenvalue weighted by atomic mass is 16.7. The second kappa shape index (κ2) is 5.62. The Morgan fingerprint density at radius 1 is 1.35 bits per heavy atom. The quantitative estimate of drug-likeness (QED) is 0.846. The molecule has 0 saturated carbocycles. The van der Waals surface area contributed by atoms with Crippen molar-refractivity contribution < 1.29 is 14.6 Å². The second-order valence-electron chi connectivity index (χ2n) is 5.09. The third kappa shape index (κ3) is 2.58. The van der Waals surface area contributed by atoms with Gasteiger partial charge in [-0.2, -0.15) is 5.26 Å². The average Bonchev–Trinajstić information content (AvgIpc) is 3.02. The molecular weight excluding hydrogens is 302 g/mol. The number of nitrogens with zero attached hydrogens (tertiary/aromatic N) is 3. The number of benzene rings is 1. The summed E-state index contributed by atoms with van der Waals surface area (Å²) in [4.78, 5) is 24.2. The van der Waals surface area contributed by atoms with Crippen LogP contribution in [0.25, 0.3) is 0 Å². The van der Waals surface area contributed by atoms with Crippen LogP contribution >= 0.6 is 0 Å². The number of hydrogen-bond donors (Lipinski definition) is 1. The molecule has 1 aliphatic rings. The zero-order valence-corrected chi connectivity index (χ0v) is 12.2. The first-order chi connectivity index (χ1) is 11.0. The Bertz CT molecular complexity index is 922. The first-order valence-corrected chi connectivity index (χ1v) is 6.79. The van der Waals surface area contributed by atoms with Gasteiger partial charge >= 0.3 is 5.69 Å². The summed E-state index contributed by atoms with van der Waals surface area (Å²) < 4.78 is 12.4. The molecule has 8 heteroatoms. The van der Waals surface area contributed by atoms with Crippen molar-refractivity contribution in [3.05, 3.63) is 56.4 Å². The molecule has 1 atom stereocenters. The van der Waals surface area contributed by atoms with Crippen molar-refractivity contribution in [1.29, 1.82) is 5.26 Å². The molecule has 0 fully saturated rings. The Balaban J connectivity index is 1.96. The lowest BCUT2D eigenvalue weighted by molar-refractivity contribution is 0.151. The number of ether oxygens (including phenoxy) is 2. The van der Waals surface area contributed by atoms with E-state index in [-0.39, 0.29) is 18.9 Å². The lowest BCUT2D eigenvalue weighted by Gasteiger charge is -2.14.